The highest BCUT2D eigenvalue weighted by molar-refractivity contribution is 5.64. The van der Waals surface area contributed by atoms with E-state index < -0.39 is 0 Å². The van der Waals surface area contributed by atoms with Crippen molar-refractivity contribution < 1.29 is 0 Å². The van der Waals surface area contributed by atoms with Crippen molar-refractivity contribution in [2.75, 3.05) is 5.32 Å². The van der Waals surface area contributed by atoms with Crippen LogP contribution >= 0.6 is 0 Å². The molecule has 0 bridgehead atoms. The fourth-order valence-electron chi connectivity index (χ4n) is 2.63. The van der Waals surface area contributed by atoms with Crippen molar-refractivity contribution in [2.45, 2.75) is 6.92 Å². The van der Waals surface area contributed by atoms with E-state index in [-0.39, 0.29) is 0 Å². The molecule has 5 heteroatoms. The second-order valence-electron chi connectivity index (χ2n) is 5.72. The summed E-state index contributed by atoms with van der Waals surface area (Å²) in [7, 11) is 0. The molecular formula is C20H17N5. The van der Waals surface area contributed by atoms with E-state index >= 15 is 0 Å². The lowest BCUT2D eigenvalue weighted by Crippen LogP contribution is -2.01. The van der Waals surface area contributed by atoms with Gasteiger partial charge in [0, 0.05) is 47.9 Å². The smallest absolute Gasteiger partial charge is 0.227 e. The Morgan fingerprint density at radius 1 is 0.960 bits per heavy atom. The Morgan fingerprint density at radius 3 is 2.64 bits per heavy atom. The third-order valence-electron chi connectivity index (χ3n) is 3.98. The van der Waals surface area contributed by atoms with Gasteiger partial charge < -0.3 is 9.88 Å². The third kappa shape index (κ3) is 3.26. The molecule has 0 saturated carbocycles. The average Bonchev–Trinajstić information content (AvgIpc) is 3.19. The van der Waals surface area contributed by atoms with Crippen LogP contribution in [0.1, 0.15) is 5.56 Å². The first-order valence-electron chi connectivity index (χ1n) is 8.04. The van der Waals surface area contributed by atoms with E-state index in [0.717, 1.165) is 28.2 Å². The van der Waals surface area contributed by atoms with Gasteiger partial charge in [0.25, 0.3) is 0 Å². The first-order valence-corrected chi connectivity index (χ1v) is 8.04. The Bertz CT molecular complexity index is 978. The molecule has 122 valence electrons. The lowest BCUT2D eigenvalue weighted by Gasteiger charge is -2.12. The van der Waals surface area contributed by atoms with E-state index in [1.165, 1.54) is 0 Å². The highest BCUT2D eigenvalue weighted by atomic mass is 15.1. The Hall–Kier alpha value is -3.47. The molecule has 3 heterocycles. The van der Waals surface area contributed by atoms with Gasteiger partial charge in [-0.15, -0.1) is 0 Å². The maximum atomic E-state index is 4.60. The Labute approximate surface area is 146 Å². The van der Waals surface area contributed by atoms with Gasteiger partial charge in [0.05, 0.1) is 5.69 Å². The van der Waals surface area contributed by atoms with E-state index in [2.05, 4.69) is 50.0 Å². The summed E-state index contributed by atoms with van der Waals surface area (Å²) < 4.78 is 2.07. The zero-order chi connectivity index (χ0) is 17.1. The minimum absolute atomic E-state index is 0.564. The van der Waals surface area contributed by atoms with Gasteiger partial charge >= 0.3 is 0 Å². The van der Waals surface area contributed by atoms with Crippen molar-refractivity contribution in [3.63, 3.8) is 0 Å². The summed E-state index contributed by atoms with van der Waals surface area (Å²) in [4.78, 5) is 13.1. The molecule has 0 spiro atoms. The second-order valence-corrected chi connectivity index (χ2v) is 5.72. The summed E-state index contributed by atoms with van der Waals surface area (Å²) in [5, 5.41) is 3.33. The number of anilines is 2. The van der Waals surface area contributed by atoms with Crippen LogP contribution in [0, 0.1) is 6.92 Å². The van der Waals surface area contributed by atoms with Crippen molar-refractivity contribution in [1.29, 1.82) is 0 Å². The van der Waals surface area contributed by atoms with Crippen LogP contribution in [-0.2, 0) is 0 Å². The van der Waals surface area contributed by atoms with Crippen LogP contribution in [0.15, 0.2) is 79.5 Å². The van der Waals surface area contributed by atoms with E-state index in [9.17, 15) is 0 Å². The van der Waals surface area contributed by atoms with Crippen LogP contribution in [0.2, 0.25) is 0 Å². The highest BCUT2D eigenvalue weighted by Gasteiger charge is 2.06. The van der Waals surface area contributed by atoms with Crippen molar-refractivity contribution in [3.05, 3.63) is 85.1 Å². The van der Waals surface area contributed by atoms with E-state index in [0.29, 0.717) is 5.95 Å². The third-order valence-corrected chi connectivity index (χ3v) is 3.98. The lowest BCUT2D eigenvalue weighted by molar-refractivity contribution is 1.08. The number of rotatable bonds is 4. The molecule has 0 aliphatic heterocycles. The molecule has 25 heavy (non-hydrogen) atoms. The number of nitrogens with one attached hydrogen (secondary N) is 1. The fourth-order valence-corrected chi connectivity index (χ4v) is 2.63. The Balaban J connectivity index is 1.65. The number of aromatic nitrogens is 4. The number of hydrogen-bond acceptors (Lipinski definition) is 4. The molecule has 0 aliphatic rings. The predicted molar refractivity (Wildman–Crippen MR) is 99.1 cm³/mol. The molecule has 0 fully saturated rings. The van der Waals surface area contributed by atoms with Crippen molar-refractivity contribution >= 4 is 11.6 Å². The molecule has 1 N–H and O–H groups in total. The molecule has 0 radical (unpaired) electrons. The maximum Gasteiger partial charge on any atom is 0.227 e. The first kappa shape index (κ1) is 15.1. The van der Waals surface area contributed by atoms with Crippen molar-refractivity contribution in [1.82, 2.24) is 19.5 Å². The fraction of sp³-hybridized carbons (Fsp3) is 0.0500. The van der Waals surface area contributed by atoms with Crippen LogP contribution in [-0.4, -0.2) is 19.5 Å². The second kappa shape index (κ2) is 6.57. The summed E-state index contributed by atoms with van der Waals surface area (Å²) >= 11 is 0. The van der Waals surface area contributed by atoms with Gasteiger partial charge in [-0.05, 0) is 55.0 Å². The molecule has 3 aromatic heterocycles. The van der Waals surface area contributed by atoms with E-state index in [1.807, 2.05) is 42.7 Å². The van der Waals surface area contributed by atoms with Gasteiger partial charge in [0.2, 0.25) is 5.95 Å². The summed E-state index contributed by atoms with van der Waals surface area (Å²) in [5.74, 6) is 0.564. The summed E-state index contributed by atoms with van der Waals surface area (Å²) in [6.07, 6.45) is 9.34. The number of pyridine rings is 1. The summed E-state index contributed by atoms with van der Waals surface area (Å²) in [6, 6.07) is 16.0. The molecule has 0 unspecified atom stereocenters. The van der Waals surface area contributed by atoms with Crippen LogP contribution < -0.4 is 5.32 Å². The quantitative estimate of drug-likeness (QED) is 0.604. The number of aryl methyl sites for hydroxylation is 1. The van der Waals surface area contributed by atoms with Crippen molar-refractivity contribution in [2.24, 2.45) is 0 Å². The predicted octanol–water partition coefficient (Wildman–Crippen LogP) is 4.38. The molecule has 4 rings (SSSR count). The largest absolute Gasteiger partial charge is 0.324 e. The van der Waals surface area contributed by atoms with Crippen LogP contribution in [0.25, 0.3) is 16.9 Å². The number of benzene rings is 1. The zero-order valence-electron chi connectivity index (χ0n) is 13.8. The monoisotopic (exact) mass is 327 g/mol. The number of hydrogen-bond donors (Lipinski definition) is 1. The Morgan fingerprint density at radius 2 is 1.84 bits per heavy atom. The molecule has 0 atom stereocenters. The van der Waals surface area contributed by atoms with E-state index in [4.69, 9.17) is 0 Å². The standard InChI is InChI=1S/C20H17N5/c1-15-6-7-17(25-11-2-3-12-25)13-19(15)24-20-22-10-8-18(23-20)16-5-4-9-21-14-16/h2-14H,1H3,(H,22,23,24). The molecule has 0 amide bonds. The molecule has 5 nitrogen and oxygen atoms in total. The molecule has 1 aromatic carbocycles. The first-order chi connectivity index (χ1) is 12.3. The molecule has 0 saturated heterocycles. The van der Waals surface area contributed by atoms with Gasteiger partial charge in [0.15, 0.2) is 0 Å². The zero-order valence-corrected chi connectivity index (χ0v) is 13.8. The van der Waals surface area contributed by atoms with E-state index in [1.54, 1.807) is 18.6 Å². The SMILES string of the molecule is Cc1ccc(-n2cccc2)cc1Nc1nccc(-c2cccnc2)n1. The van der Waals surface area contributed by atoms with Gasteiger partial charge in [-0.2, -0.15) is 0 Å². The number of nitrogens with zero attached hydrogens (tertiary/aromatic N) is 4. The maximum absolute atomic E-state index is 4.60. The topological polar surface area (TPSA) is 55.6 Å². The van der Waals surface area contributed by atoms with Gasteiger partial charge in [-0.25, -0.2) is 9.97 Å². The minimum Gasteiger partial charge on any atom is -0.324 e. The molecule has 4 aromatic rings. The lowest BCUT2D eigenvalue weighted by atomic mass is 10.2. The van der Waals surface area contributed by atoms with Gasteiger partial charge in [-0.1, -0.05) is 6.07 Å². The van der Waals surface area contributed by atoms with Crippen LogP contribution in [0.4, 0.5) is 11.6 Å². The Kier molecular flexibility index (Phi) is 3.96. The van der Waals surface area contributed by atoms with Crippen LogP contribution in [0.5, 0.6) is 0 Å². The molecular weight excluding hydrogens is 310 g/mol. The summed E-state index contributed by atoms with van der Waals surface area (Å²) in [6.45, 7) is 2.06. The van der Waals surface area contributed by atoms with Gasteiger partial charge in [-0.3, -0.25) is 4.98 Å². The summed E-state index contributed by atoms with van der Waals surface area (Å²) in [5.41, 5.74) is 5.00. The van der Waals surface area contributed by atoms with Gasteiger partial charge in [0.1, 0.15) is 0 Å². The molecule has 0 aliphatic carbocycles. The van der Waals surface area contributed by atoms with Crippen molar-refractivity contribution in [3.8, 4) is 16.9 Å². The average molecular weight is 327 g/mol. The normalized spacial score (nSPS) is 10.6. The van der Waals surface area contributed by atoms with Crippen LogP contribution in [0.3, 0.4) is 0 Å². The minimum atomic E-state index is 0.564. The highest BCUT2D eigenvalue weighted by Crippen LogP contribution is 2.23.